The molecule has 1 unspecified atom stereocenters. The van der Waals surface area contributed by atoms with Gasteiger partial charge < -0.3 is 14.7 Å². The van der Waals surface area contributed by atoms with E-state index in [9.17, 15) is 14.7 Å². The van der Waals surface area contributed by atoms with Crippen LogP contribution in [0.25, 0.3) is 0 Å². The Morgan fingerprint density at radius 1 is 1.38 bits per heavy atom. The van der Waals surface area contributed by atoms with Crippen molar-refractivity contribution in [2.24, 2.45) is 0 Å². The molecule has 2 rings (SSSR count). The summed E-state index contributed by atoms with van der Waals surface area (Å²) in [6, 6.07) is 7.28. The number of para-hydroxylation sites is 1. The smallest absolute Gasteiger partial charge is 0.311 e. The molecule has 21 heavy (non-hydrogen) atoms. The zero-order valence-corrected chi connectivity index (χ0v) is 12.2. The number of carboxylic acid groups (broad SMARTS) is 1. The molecule has 1 aromatic carbocycles. The molecule has 0 bridgehead atoms. The summed E-state index contributed by atoms with van der Waals surface area (Å²) >= 11 is 0. The number of hydrogen-bond acceptors (Lipinski definition) is 3. The Balaban J connectivity index is 2.10. The maximum absolute atomic E-state index is 12.3. The molecular weight excluding hydrogens is 270 g/mol. The first kappa shape index (κ1) is 15.5. The number of carbonyl (C=O) groups is 2. The third kappa shape index (κ3) is 3.61. The van der Waals surface area contributed by atoms with Crippen molar-refractivity contribution in [1.29, 1.82) is 0 Å². The topological polar surface area (TPSA) is 66.8 Å². The standard InChI is InChI=1S/C16H21NO4/c1-2-21-11-5-8-15(18)17-10-9-13(16(19)20)12-6-3-4-7-14(12)17/h3-4,6-7,13H,2,5,8-11H2,1H3,(H,19,20). The zero-order chi connectivity index (χ0) is 15.2. The van der Waals surface area contributed by atoms with Gasteiger partial charge in [-0.05, 0) is 31.4 Å². The largest absolute Gasteiger partial charge is 0.481 e. The maximum atomic E-state index is 12.3. The van der Waals surface area contributed by atoms with Gasteiger partial charge in [0.2, 0.25) is 5.91 Å². The fraction of sp³-hybridized carbons (Fsp3) is 0.500. The highest BCUT2D eigenvalue weighted by Gasteiger charge is 2.31. The minimum Gasteiger partial charge on any atom is -0.481 e. The maximum Gasteiger partial charge on any atom is 0.311 e. The molecule has 1 atom stereocenters. The lowest BCUT2D eigenvalue weighted by Crippen LogP contribution is -2.38. The molecule has 5 heteroatoms. The quantitative estimate of drug-likeness (QED) is 0.817. The Hall–Kier alpha value is -1.88. The van der Waals surface area contributed by atoms with Gasteiger partial charge in [-0.15, -0.1) is 0 Å². The Morgan fingerprint density at radius 2 is 2.14 bits per heavy atom. The SMILES string of the molecule is CCOCCCC(=O)N1CCC(C(=O)O)c2ccccc21. The van der Waals surface area contributed by atoms with Gasteiger partial charge in [-0.3, -0.25) is 9.59 Å². The van der Waals surface area contributed by atoms with Crippen LogP contribution in [0.3, 0.4) is 0 Å². The van der Waals surface area contributed by atoms with Gasteiger partial charge in [0.25, 0.3) is 0 Å². The third-order valence-corrected chi connectivity index (χ3v) is 3.73. The summed E-state index contributed by atoms with van der Waals surface area (Å²) in [5.74, 6) is -1.31. The molecule has 114 valence electrons. The van der Waals surface area contributed by atoms with Gasteiger partial charge in [0.05, 0.1) is 5.92 Å². The van der Waals surface area contributed by atoms with Crippen molar-refractivity contribution < 1.29 is 19.4 Å². The van der Waals surface area contributed by atoms with Crippen LogP contribution in [0.2, 0.25) is 0 Å². The summed E-state index contributed by atoms with van der Waals surface area (Å²) in [6.45, 7) is 3.62. The molecule has 0 spiro atoms. The molecule has 0 fully saturated rings. The molecule has 1 N–H and O–H groups in total. The van der Waals surface area contributed by atoms with Crippen molar-refractivity contribution in [2.75, 3.05) is 24.7 Å². The lowest BCUT2D eigenvalue weighted by Gasteiger charge is -2.32. The molecule has 1 aliphatic heterocycles. The van der Waals surface area contributed by atoms with Gasteiger partial charge >= 0.3 is 5.97 Å². The first-order valence-corrected chi connectivity index (χ1v) is 7.35. The predicted octanol–water partition coefficient (Wildman–Crippen LogP) is 2.41. The van der Waals surface area contributed by atoms with Crippen molar-refractivity contribution in [1.82, 2.24) is 0 Å². The van der Waals surface area contributed by atoms with Gasteiger partial charge in [0.1, 0.15) is 0 Å². The summed E-state index contributed by atoms with van der Waals surface area (Å²) in [6.07, 6.45) is 1.57. The van der Waals surface area contributed by atoms with Crippen LogP contribution in [0.4, 0.5) is 5.69 Å². The number of nitrogens with zero attached hydrogens (tertiary/aromatic N) is 1. The number of rotatable bonds is 6. The number of benzene rings is 1. The lowest BCUT2D eigenvalue weighted by molar-refractivity contribution is -0.139. The summed E-state index contributed by atoms with van der Waals surface area (Å²) < 4.78 is 5.24. The highest BCUT2D eigenvalue weighted by molar-refractivity contribution is 5.96. The minimum absolute atomic E-state index is 0.0333. The zero-order valence-electron chi connectivity index (χ0n) is 12.2. The van der Waals surface area contributed by atoms with Crippen LogP contribution >= 0.6 is 0 Å². The number of carboxylic acids is 1. The lowest BCUT2D eigenvalue weighted by atomic mass is 9.90. The van der Waals surface area contributed by atoms with Gasteiger partial charge in [-0.1, -0.05) is 18.2 Å². The molecule has 0 radical (unpaired) electrons. The van der Waals surface area contributed by atoms with Crippen LogP contribution in [0.15, 0.2) is 24.3 Å². The Bertz CT molecular complexity index is 515. The normalized spacial score (nSPS) is 17.4. The number of anilines is 1. The predicted molar refractivity (Wildman–Crippen MR) is 79.5 cm³/mol. The van der Waals surface area contributed by atoms with E-state index in [-0.39, 0.29) is 5.91 Å². The van der Waals surface area contributed by atoms with Gasteiger partial charge in [0.15, 0.2) is 0 Å². The van der Waals surface area contributed by atoms with Gasteiger partial charge in [-0.25, -0.2) is 0 Å². The van der Waals surface area contributed by atoms with E-state index in [1.807, 2.05) is 25.1 Å². The van der Waals surface area contributed by atoms with E-state index in [0.29, 0.717) is 39.0 Å². The number of fused-ring (bicyclic) bond motifs is 1. The molecule has 0 aromatic heterocycles. The summed E-state index contributed by atoms with van der Waals surface area (Å²) in [7, 11) is 0. The first-order valence-electron chi connectivity index (χ1n) is 7.35. The highest BCUT2D eigenvalue weighted by Crippen LogP contribution is 2.35. The summed E-state index contributed by atoms with van der Waals surface area (Å²) in [4.78, 5) is 25.4. The number of amides is 1. The average Bonchev–Trinajstić information content (AvgIpc) is 2.50. The number of hydrogen-bond donors (Lipinski definition) is 1. The summed E-state index contributed by atoms with van der Waals surface area (Å²) in [5.41, 5.74) is 1.46. The molecule has 1 amide bonds. The van der Waals surface area contributed by atoms with Crippen molar-refractivity contribution in [3.63, 3.8) is 0 Å². The van der Waals surface area contributed by atoms with E-state index in [0.717, 1.165) is 11.3 Å². The van der Waals surface area contributed by atoms with Gasteiger partial charge in [0, 0.05) is 31.9 Å². The van der Waals surface area contributed by atoms with Gasteiger partial charge in [-0.2, -0.15) is 0 Å². The average molecular weight is 291 g/mol. The second-order valence-corrected chi connectivity index (χ2v) is 5.08. The van der Waals surface area contributed by atoms with Crippen molar-refractivity contribution >= 4 is 17.6 Å². The summed E-state index contributed by atoms with van der Waals surface area (Å²) in [5, 5.41) is 9.29. The van der Waals surface area contributed by atoms with E-state index in [1.165, 1.54) is 0 Å². The molecule has 1 aromatic rings. The molecule has 1 aliphatic rings. The Morgan fingerprint density at radius 3 is 2.86 bits per heavy atom. The van der Waals surface area contributed by atoms with E-state index >= 15 is 0 Å². The molecule has 0 saturated carbocycles. The van der Waals surface area contributed by atoms with E-state index in [2.05, 4.69) is 0 Å². The second kappa shape index (κ2) is 7.22. The fourth-order valence-corrected chi connectivity index (χ4v) is 2.68. The molecular formula is C16H21NO4. The van der Waals surface area contributed by atoms with Crippen LogP contribution in [0, 0.1) is 0 Å². The molecule has 0 saturated heterocycles. The van der Waals surface area contributed by atoms with Crippen LogP contribution < -0.4 is 4.90 Å². The van der Waals surface area contributed by atoms with E-state index in [1.54, 1.807) is 11.0 Å². The Labute approximate surface area is 124 Å². The molecule has 0 aliphatic carbocycles. The van der Waals surface area contributed by atoms with Crippen molar-refractivity contribution in [3.8, 4) is 0 Å². The van der Waals surface area contributed by atoms with Crippen molar-refractivity contribution in [3.05, 3.63) is 29.8 Å². The number of aliphatic carboxylic acids is 1. The van der Waals surface area contributed by atoms with Crippen LogP contribution in [0.1, 0.15) is 37.7 Å². The van der Waals surface area contributed by atoms with Crippen LogP contribution in [0.5, 0.6) is 0 Å². The number of carbonyl (C=O) groups excluding carboxylic acids is 1. The van der Waals surface area contributed by atoms with Crippen molar-refractivity contribution in [2.45, 2.75) is 32.1 Å². The number of ether oxygens (including phenoxy) is 1. The first-order chi connectivity index (χ1) is 10.1. The van der Waals surface area contributed by atoms with E-state index < -0.39 is 11.9 Å². The molecule has 1 heterocycles. The third-order valence-electron chi connectivity index (χ3n) is 3.73. The fourth-order valence-electron chi connectivity index (χ4n) is 2.68. The Kier molecular flexibility index (Phi) is 5.33. The highest BCUT2D eigenvalue weighted by atomic mass is 16.5. The van der Waals surface area contributed by atoms with E-state index in [4.69, 9.17) is 4.74 Å². The minimum atomic E-state index is -0.828. The van der Waals surface area contributed by atoms with Crippen LogP contribution in [-0.2, 0) is 14.3 Å². The monoisotopic (exact) mass is 291 g/mol. The van der Waals surface area contributed by atoms with Crippen LogP contribution in [-0.4, -0.2) is 36.7 Å². The molecule has 5 nitrogen and oxygen atoms in total. The second-order valence-electron chi connectivity index (χ2n) is 5.08.